The van der Waals surface area contributed by atoms with E-state index < -0.39 is 0 Å². The number of hydrogen-bond donors (Lipinski definition) is 1. The van der Waals surface area contributed by atoms with Gasteiger partial charge in [0.25, 0.3) is 0 Å². The number of hydrogen-bond acceptors (Lipinski definition) is 2. The first kappa shape index (κ1) is 14.0. The largest absolute Gasteiger partial charge is 0.336 e. The van der Waals surface area contributed by atoms with Crippen molar-refractivity contribution in [2.24, 2.45) is 5.73 Å². The molecule has 1 aromatic carbocycles. The highest BCUT2D eigenvalue weighted by Gasteiger charge is 2.35. The maximum Gasteiger partial charge on any atom is 0.227 e. The molecule has 1 atom stereocenters. The van der Waals surface area contributed by atoms with Crippen molar-refractivity contribution in [1.82, 2.24) is 4.90 Å². The van der Waals surface area contributed by atoms with E-state index in [2.05, 4.69) is 6.92 Å². The minimum absolute atomic E-state index is 0.0826. The summed E-state index contributed by atoms with van der Waals surface area (Å²) in [6.07, 6.45) is 3.42. The Morgan fingerprint density at radius 1 is 1.37 bits per heavy atom. The molecule has 1 aliphatic heterocycles. The molecule has 19 heavy (non-hydrogen) atoms. The van der Waals surface area contributed by atoms with Gasteiger partial charge in [0, 0.05) is 13.1 Å². The highest BCUT2D eigenvalue weighted by atomic mass is 19.1. The zero-order chi connectivity index (χ0) is 13.9. The number of carbonyl (C=O) groups excluding carboxylic acids is 1. The number of piperidine rings is 1. The van der Waals surface area contributed by atoms with Crippen molar-refractivity contribution >= 4 is 5.91 Å². The lowest BCUT2D eigenvalue weighted by Gasteiger charge is -2.44. The quantitative estimate of drug-likeness (QED) is 0.908. The minimum Gasteiger partial charge on any atom is -0.336 e. The second kappa shape index (κ2) is 5.70. The first-order valence-electron chi connectivity index (χ1n) is 6.80. The number of nitrogens with two attached hydrogens (primary N) is 1. The number of rotatable bonds is 3. The molecule has 1 unspecified atom stereocenters. The third kappa shape index (κ3) is 3.13. The molecular formula is C15H21FN2O. The van der Waals surface area contributed by atoms with Gasteiger partial charge in [-0.1, -0.05) is 12.1 Å². The predicted molar refractivity (Wildman–Crippen MR) is 73.1 cm³/mol. The Bertz CT molecular complexity index is 446. The topological polar surface area (TPSA) is 46.3 Å². The van der Waals surface area contributed by atoms with Crippen molar-refractivity contribution in [1.29, 1.82) is 0 Å². The van der Waals surface area contributed by atoms with Crippen LogP contribution in [0.3, 0.4) is 0 Å². The first-order valence-corrected chi connectivity index (χ1v) is 6.80. The standard InChI is InChI=1S/C15H21FN2O/c1-15(11-17)8-2-3-9-18(15)14(19)10-12-4-6-13(16)7-5-12/h4-7H,2-3,8-11,17H2,1H3. The molecule has 1 aliphatic rings. The van der Waals surface area contributed by atoms with Gasteiger partial charge in [0.05, 0.1) is 12.0 Å². The summed E-state index contributed by atoms with van der Waals surface area (Å²) in [6.45, 7) is 3.31. The van der Waals surface area contributed by atoms with E-state index >= 15 is 0 Å². The van der Waals surface area contributed by atoms with Crippen LogP contribution in [0, 0.1) is 5.82 Å². The lowest BCUT2D eigenvalue weighted by atomic mass is 9.88. The van der Waals surface area contributed by atoms with E-state index in [1.54, 1.807) is 12.1 Å². The SMILES string of the molecule is CC1(CN)CCCCN1C(=O)Cc1ccc(F)cc1. The molecule has 0 saturated carbocycles. The number of benzene rings is 1. The molecule has 4 heteroatoms. The van der Waals surface area contributed by atoms with Gasteiger partial charge in [0.1, 0.15) is 5.82 Å². The van der Waals surface area contributed by atoms with E-state index in [1.165, 1.54) is 12.1 Å². The third-order valence-electron chi connectivity index (χ3n) is 4.01. The van der Waals surface area contributed by atoms with Crippen molar-refractivity contribution < 1.29 is 9.18 Å². The molecule has 0 radical (unpaired) electrons. The molecule has 0 bridgehead atoms. The van der Waals surface area contributed by atoms with Crippen molar-refractivity contribution in [2.75, 3.05) is 13.1 Å². The van der Waals surface area contributed by atoms with Gasteiger partial charge in [-0.05, 0) is 43.9 Å². The fraction of sp³-hybridized carbons (Fsp3) is 0.533. The van der Waals surface area contributed by atoms with Gasteiger partial charge in [-0.3, -0.25) is 4.79 Å². The lowest BCUT2D eigenvalue weighted by Crippen LogP contribution is -2.57. The van der Waals surface area contributed by atoms with Gasteiger partial charge < -0.3 is 10.6 Å². The number of amides is 1. The highest BCUT2D eigenvalue weighted by molar-refractivity contribution is 5.79. The molecule has 0 aliphatic carbocycles. The van der Waals surface area contributed by atoms with E-state index in [0.717, 1.165) is 31.4 Å². The molecule has 2 N–H and O–H groups in total. The van der Waals surface area contributed by atoms with Crippen LogP contribution < -0.4 is 5.73 Å². The van der Waals surface area contributed by atoms with E-state index in [9.17, 15) is 9.18 Å². The maximum absolute atomic E-state index is 12.8. The Hall–Kier alpha value is -1.42. The van der Waals surface area contributed by atoms with Crippen LogP contribution in [0.25, 0.3) is 0 Å². The van der Waals surface area contributed by atoms with Crippen LogP contribution in [0.15, 0.2) is 24.3 Å². The first-order chi connectivity index (χ1) is 9.05. The van der Waals surface area contributed by atoms with Crippen molar-refractivity contribution in [3.05, 3.63) is 35.6 Å². The predicted octanol–water partition coefficient (Wildman–Crippen LogP) is 2.10. The summed E-state index contributed by atoms with van der Waals surface area (Å²) in [4.78, 5) is 14.3. The fourth-order valence-corrected chi connectivity index (χ4v) is 2.69. The van der Waals surface area contributed by atoms with E-state index in [4.69, 9.17) is 5.73 Å². The number of carbonyl (C=O) groups is 1. The fourth-order valence-electron chi connectivity index (χ4n) is 2.69. The average Bonchev–Trinajstić information content (AvgIpc) is 2.42. The van der Waals surface area contributed by atoms with Gasteiger partial charge in [-0.2, -0.15) is 0 Å². The highest BCUT2D eigenvalue weighted by Crippen LogP contribution is 2.27. The Morgan fingerprint density at radius 2 is 2.05 bits per heavy atom. The Labute approximate surface area is 113 Å². The van der Waals surface area contributed by atoms with Gasteiger partial charge in [0.15, 0.2) is 0 Å². The van der Waals surface area contributed by atoms with Crippen LogP contribution >= 0.6 is 0 Å². The van der Waals surface area contributed by atoms with Crippen LogP contribution in [-0.4, -0.2) is 29.4 Å². The van der Waals surface area contributed by atoms with Gasteiger partial charge >= 0.3 is 0 Å². The molecule has 0 spiro atoms. The molecule has 1 saturated heterocycles. The summed E-state index contributed by atoms with van der Waals surface area (Å²) in [6, 6.07) is 6.11. The number of halogens is 1. The second-order valence-corrected chi connectivity index (χ2v) is 5.51. The monoisotopic (exact) mass is 264 g/mol. The maximum atomic E-state index is 12.8. The number of nitrogens with zero attached hydrogens (tertiary/aromatic N) is 1. The van der Waals surface area contributed by atoms with Crippen LogP contribution in [0.4, 0.5) is 4.39 Å². The van der Waals surface area contributed by atoms with Crippen LogP contribution in [0.5, 0.6) is 0 Å². The molecule has 1 heterocycles. The molecule has 2 rings (SSSR count). The molecule has 1 aromatic rings. The van der Waals surface area contributed by atoms with E-state index in [1.807, 2.05) is 4.90 Å². The summed E-state index contributed by atoms with van der Waals surface area (Å²) in [5.74, 6) is -0.194. The van der Waals surface area contributed by atoms with Crippen LogP contribution in [0.1, 0.15) is 31.7 Å². The molecule has 0 aromatic heterocycles. The summed E-state index contributed by atoms with van der Waals surface area (Å²) in [5, 5.41) is 0. The third-order valence-corrected chi connectivity index (χ3v) is 4.01. The lowest BCUT2D eigenvalue weighted by molar-refractivity contribution is -0.138. The molecule has 1 amide bonds. The molecule has 1 fully saturated rings. The van der Waals surface area contributed by atoms with E-state index in [0.29, 0.717) is 13.0 Å². The summed E-state index contributed by atoms with van der Waals surface area (Å²) in [5.41, 5.74) is 6.45. The Kier molecular flexibility index (Phi) is 4.20. The average molecular weight is 264 g/mol. The van der Waals surface area contributed by atoms with E-state index in [-0.39, 0.29) is 17.3 Å². The van der Waals surface area contributed by atoms with Crippen LogP contribution in [-0.2, 0) is 11.2 Å². The molecule has 3 nitrogen and oxygen atoms in total. The summed E-state index contributed by atoms with van der Waals surface area (Å²) >= 11 is 0. The normalized spacial score (nSPS) is 23.4. The Morgan fingerprint density at radius 3 is 2.68 bits per heavy atom. The minimum atomic E-state index is -0.277. The van der Waals surface area contributed by atoms with Crippen LogP contribution in [0.2, 0.25) is 0 Å². The van der Waals surface area contributed by atoms with Crippen molar-refractivity contribution in [2.45, 2.75) is 38.1 Å². The molecule has 104 valence electrons. The molecular weight excluding hydrogens is 243 g/mol. The van der Waals surface area contributed by atoms with Gasteiger partial charge in [-0.15, -0.1) is 0 Å². The Balaban J connectivity index is 2.08. The smallest absolute Gasteiger partial charge is 0.227 e. The zero-order valence-electron chi connectivity index (χ0n) is 11.4. The van der Waals surface area contributed by atoms with Crippen molar-refractivity contribution in [3.8, 4) is 0 Å². The second-order valence-electron chi connectivity index (χ2n) is 5.51. The number of likely N-dealkylation sites (tertiary alicyclic amines) is 1. The zero-order valence-corrected chi connectivity index (χ0v) is 11.4. The van der Waals surface area contributed by atoms with Gasteiger partial charge in [0.2, 0.25) is 5.91 Å². The summed E-state index contributed by atoms with van der Waals surface area (Å²) in [7, 11) is 0. The summed E-state index contributed by atoms with van der Waals surface area (Å²) < 4.78 is 12.8. The van der Waals surface area contributed by atoms with Crippen molar-refractivity contribution in [3.63, 3.8) is 0 Å². The van der Waals surface area contributed by atoms with Gasteiger partial charge in [-0.25, -0.2) is 4.39 Å².